The summed E-state index contributed by atoms with van der Waals surface area (Å²) in [5, 5.41) is 2.67. The number of rotatable bonds is 5. The Bertz CT molecular complexity index is 1270. The summed E-state index contributed by atoms with van der Waals surface area (Å²) >= 11 is 0. The van der Waals surface area contributed by atoms with Crippen LogP contribution in [0.25, 0.3) is 5.57 Å². The van der Waals surface area contributed by atoms with Gasteiger partial charge in [0, 0.05) is 17.8 Å². The van der Waals surface area contributed by atoms with E-state index in [1.54, 1.807) is 30.3 Å². The molecule has 0 unspecified atom stereocenters. The van der Waals surface area contributed by atoms with Crippen molar-refractivity contribution < 1.29 is 36.3 Å². The zero-order valence-corrected chi connectivity index (χ0v) is 16.5. The van der Waals surface area contributed by atoms with Gasteiger partial charge in [-0.15, -0.1) is 13.2 Å². The molecule has 3 aromatic rings. The minimum absolute atomic E-state index is 0.0356. The number of carbonyl (C=O) groups is 2. The summed E-state index contributed by atoms with van der Waals surface area (Å²) < 4.78 is 68.7. The van der Waals surface area contributed by atoms with Crippen molar-refractivity contribution in [1.29, 1.82) is 0 Å². The standard InChI is InChI=1S/C23H13F5N2O3/c24-17-10-9-15(12-18(17)25)30-21(31)19(13-5-2-1-3-6-13)20(22(30)32)29-14-7-4-8-16(11-14)33-23(26,27)28/h1-12,29H. The van der Waals surface area contributed by atoms with Crippen LogP contribution in [0.4, 0.5) is 33.3 Å². The van der Waals surface area contributed by atoms with Gasteiger partial charge in [0.25, 0.3) is 11.8 Å². The van der Waals surface area contributed by atoms with E-state index in [9.17, 15) is 31.5 Å². The number of imide groups is 1. The molecule has 0 bridgehead atoms. The Hall–Kier alpha value is -4.21. The molecule has 1 heterocycles. The molecule has 1 aliphatic rings. The molecule has 168 valence electrons. The third kappa shape index (κ3) is 4.54. The number of ether oxygens (including phenoxy) is 1. The molecule has 1 aliphatic heterocycles. The molecule has 0 radical (unpaired) electrons. The predicted octanol–water partition coefficient (Wildman–Crippen LogP) is 5.26. The molecular formula is C23H13F5N2O3. The molecule has 33 heavy (non-hydrogen) atoms. The van der Waals surface area contributed by atoms with E-state index in [2.05, 4.69) is 10.1 Å². The van der Waals surface area contributed by atoms with Gasteiger partial charge >= 0.3 is 6.36 Å². The lowest BCUT2D eigenvalue weighted by Crippen LogP contribution is -2.32. The minimum Gasteiger partial charge on any atom is -0.406 e. The highest BCUT2D eigenvalue weighted by molar-refractivity contribution is 6.46. The monoisotopic (exact) mass is 460 g/mol. The number of alkyl halides is 3. The molecule has 0 aliphatic carbocycles. The fourth-order valence-corrected chi connectivity index (χ4v) is 3.29. The van der Waals surface area contributed by atoms with Crippen LogP contribution in [-0.2, 0) is 9.59 Å². The van der Waals surface area contributed by atoms with Crippen molar-refractivity contribution >= 4 is 28.8 Å². The average Bonchev–Trinajstić information content (AvgIpc) is 2.99. The van der Waals surface area contributed by atoms with Crippen molar-refractivity contribution in [3.63, 3.8) is 0 Å². The molecule has 0 saturated carbocycles. The third-order valence-corrected chi connectivity index (χ3v) is 4.64. The molecule has 1 N–H and O–H groups in total. The first-order chi connectivity index (χ1) is 15.6. The summed E-state index contributed by atoms with van der Waals surface area (Å²) in [5.41, 5.74) is -0.171. The number of amides is 2. The van der Waals surface area contributed by atoms with Gasteiger partial charge in [-0.25, -0.2) is 13.7 Å². The number of benzene rings is 3. The van der Waals surface area contributed by atoms with E-state index in [0.717, 1.165) is 24.3 Å². The number of nitrogens with one attached hydrogen (secondary N) is 1. The van der Waals surface area contributed by atoms with Crippen LogP contribution < -0.4 is 15.0 Å². The molecule has 0 atom stereocenters. The first-order valence-corrected chi connectivity index (χ1v) is 9.40. The Morgan fingerprint density at radius 3 is 2.18 bits per heavy atom. The van der Waals surface area contributed by atoms with Crippen LogP contribution >= 0.6 is 0 Å². The summed E-state index contributed by atoms with van der Waals surface area (Å²) in [6, 6.07) is 15.3. The Balaban J connectivity index is 1.76. The Kier molecular flexibility index (Phi) is 5.59. The number of halogens is 5. The van der Waals surface area contributed by atoms with Gasteiger partial charge in [-0.2, -0.15) is 0 Å². The zero-order valence-electron chi connectivity index (χ0n) is 16.5. The van der Waals surface area contributed by atoms with Gasteiger partial charge in [-0.3, -0.25) is 9.59 Å². The average molecular weight is 460 g/mol. The van der Waals surface area contributed by atoms with E-state index < -0.39 is 35.6 Å². The fraction of sp³-hybridized carbons (Fsp3) is 0.0435. The summed E-state index contributed by atoms with van der Waals surface area (Å²) in [7, 11) is 0. The first-order valence-electron chi connectivity index (χ1n) is 9.40. The molecule has 4 rings (SSSR count). The summed E-state index contributed by atoms with van der Waals surface area (Å²) in [5.74, 6) is -4.67. The maximum atomic E-state index is 13.8. The molecule has 0 spiro atoms. The second-order valence-corrected chi connectivity index (χ2v) is 6.86. The highest BCUT2D eigenvalue weighted by Crippen LogP contribution is 2.35. The predicted molar refractivity (Wildman–Crippen MR) is 109 cm³/mol. The maximum Gasteiger partial charge on any atom is 0.573 e. The summed E-state index contributed by atoms with van der Waals surface area (Å²) in [6.45, 7) is 0. The first kappa shape index (κ1) is 22.0. The molecular weight excluding hydrogens is 447 g/mol. The lowest BCUT2D eigenvalue weighted by Gasteiger charge is -2.16. The van der Waals surface area contributed by atoms with E-state index in [1.165, 1.54) is 12.1 Å². The van der Waals surface area contributed by atoms with E-state index in [4.69, 9.17) is 0 Å². The topological polar surface area (TPSA) is 58.6 Å². The lowest BCUT2D eigenvalue weighted by atomic mass is 10.0. The van der Waals surface area contributed by atoms with Crippen molar-refractivity contribution in [3.8, 4) is 5.75 Å². The summed E-state index contributed by atoms with van der Waals surface area (Å²) in [6.07, 6.45) is -4.92. The van der Waals surface area contributed by atoms with Crippen LogP contribution in [0.1, 0.15) is 5.56 Å². The largest absolute Gasteiger partial charge is 0.573 e. The maximum absolute atomic E-state index is 13.8. The number of carbonyl (C=O) groups excluding carboxylic acids is 2. The smallest absolute Gasteiger partial charge is 0.406 e. The molecule has 5 nitrogen and oxygen atoms in total. The van der Waals surface area contributed by atoms with E-state index in [1.807, 2.05) is 0 Å². The normalized spacial score (nSPS) is 14.2. The highest BCUT2D eigenvalue weighted by Gasteiger charge is 2.40. The van der Waals surface area contributed by atoms with Gasteiger partial charge in [0.2, 0.25) is 0 Å². The van der Waals surface area contributed by atoms with E-state index in [0.29, 0.717) is 16.5 Å². The SMILES string of the molecule is O=C1C(Nc2cccc(OC(F)(F)F)c2)=C(c2ccccc2)C(=O)N1c1ccc(F)c(F)c1. The number of hydrogen-bond acceptors (Lipinski definition) is 4. The van der Waals surface area contributed by atoms with Gasteiger partial charge < -0.3 is 10.1 Å². The van der Waals surface area contributed by atoms with Gasteiger partial charge in [-0.05, 0) is 29.8 Å². The highest BCUT2D eigenvalue weighted by atomic mass is 19.4. The Morgan fingerprint density at radius 2 is 1.52 bits per heavy atom. The molecule has 2 amide bonds. The molecule has 0 fully saturated rings. The Morgan fingerprint density at radius 1 is 0.788 bits per heavy atom. The van der Waals surface area contributed by atoms with Crippen LogP contribution in [0.2, 0.25) is 0 Å². The van der Waals surface area contributed by atoms with Crippen molar-refractivity contribution in [1.82, 2.24) is 0 Å². The van der Waals surface area contributed by atoms with Gasteiger partial charge in [0.1, 0.15) is 11.4 Å². The molecule has 0 saturated heterocycles. The van der Waals surface area contributed by atoms with Crippen LogP contribution in [-0.4, -0.2) is 18.2 Å². The van der Waals surface area contributed by atoms with Crippen LogP contribution in [0.3, 0.4) is 0 Å². The number of nitrogens with zero attached hydrogens (tertiary/aromatic N) is 1. The molecule has 10 heteroatoms. The quantitative estimate of drug-likeness (QED) is 0.417. The minimum atomic E-state index is -4.92. The van der Waals surface area contributed by atoms with Crippen LogP contribution in [0.15, 0.2) is 78.5 Å². The zero-order chi connectivity index (χ0) is 23.8. The third-order valence-electron chi connectivity index (χ3n) is 4.64. The molecule has 3 aromatic carbocycles. The van der Waals surface area contributed by atoms with Crippen molar-refractivity contribution in [3.05, 3.63) is 95.7 Å². The lowest BCUT2D eigenvalue weighted by molar-refractivity contribution is -0.274. The van der Waals surface area contributed by atoms with Crippen molar-refractivity contribution in [2.24, 2.45) is 0 Å². The van der Waals surface area contributed by atoms with Crippen LogP contribution in [0.5, 0.6) is 5.75 Å². The second-order valence-electron chi connectivity index (χ2n) is 6.86. The van der Waals surface area contributed by atoms with Gasteiger partial charge in [-0.1, -0.05) is 36.4 Å². The van der Waals surface area contributed by atoms with Crippen molar-refractivity contribution in [2.45, 2.75) is 6.36 Å². The van der Waals surface area contributed by atoms with E-state index in [-0.39, 0.29) is 22.6 Å². The summed E-state index contributed by atoms with van der Waals surface area (Å²) in [4.78, 5) is 27.0. The van der Waals surface area contributed by atoms with E-state index >= 15 is 0 Å². The van der Waals surface area contributed by atoms with Gasteiger partial charge in [0.15, 0.2) is 11.6 Å². The molecule has 0 aromatic heterocycles. The fourth-order valence-electron chi connectivity index (χ4n) is 3.29. The van der Waals surface area contributed by atoms with Gasteiger partial charge in [0.05, 0.1) is 11.3 Å². The van der Waals surface area contributed by atoms with Crippen LogP contribution in [0, 0.1) is 11.6 Å². The number of anilines is 2. The Labute approximate surface area is 183 Å². The number of hydrogen-bond donors (Lipinski definition) is 1. The second kappa shape index (κ2) is 8.38. The van der Waals surface area contributed by atoms with Crippen molar-refractivity contribution in [2.75, 3.05) is 10.2 Å².